The second-order valence-corrected chi connectivity index (χ2v) is 6.27. The highest BCUT2D eigenvalue weighted by Crippen LogP contribution is 2.03. The van der Waals surface area contributed by atoms with Crippen molar-refractivity contribution >= 4 is 23.9 Å². The van der Waals surface area contributed by atoms with Crippen LogP contribution in [-0.4, -0.2) is 48.2 Å². The lowest BCUT2D eigenvalue weighted by atomic mass is 10.1. The first-order valence-corrected chi connectivity index (χ1v) is 9.54. The van der Waals surface area contributed by atoms with Crippen molar-refractivity contribution in [2.45, 2.75) is 51.7 Å². The van der Waals surface area contributed by atoms with Gasteiger partial charge in [0, 0.05) is 13.0 Å². The lowest BCUT2D eigenvalue weighted by molar-refractivity contribution is -0.150. The lowest BCUT2D eigenvalue weighted by Gasteiger charge is -2.13. The third-order valence-electron chi connectivity index (χ3n) is 3.87. The number of carboxylic acid groups (broad SMARTS) is 1. The van der Waals surface area contributed by atoms with E-state index in [2.05, 4.69) is 10.6 Å². The highest BCUT2D eigenvalue weighted by molar-refractivity contribution is 5.87. The Balaban J connectivity index is 2.12. The number of nitrogens with one attached hydrogen (secondary N) is 2. The Morgan fingerprint density at radius 1 is 1.03 bits per heavy atom. The number of benzene rings is 1. The average Bonchev–Trinajstić information content (AvgIpc) is 2.69. The fourth-order valence-electron chi connectivity index (χ4n) is 2.41. The predicted octanol–water partition coefficient (Wildman–Crippen LogP) is 2.00. The minimum atomic E-state index is -1.30. The SMILES string of the molecule is CCOC(=O)C[C@H](NC(=O)CCCCCNC(=O)OCc1ccccc1)C(=O)O. The van der Waals surface area contributed by atoms with E-state index in [9.17, 15) is 19.2 Å². The molecule has 160 valence electrons. The standard InChI is InChI=1S/C20H28N2O7/c1-2-28-18(24)13-16(19(25)26)22-17(23)11-7-4-8-12-21-20(27)29-14-15-9-5-3-6-10-15/h3,5-6,9-10,16H,2,4,7-8,11-14H2,1H3,(H,21,27)(H,22,23)(H,25,26)/t16-/m0/s1. The molecule has 3 N–H and O–H groups in total. The van der Waals surface area contributed by atoms with E-state index in [1.165, 1.54) is 0 Å². The molecule has 0 unspecified atom stereocenters. The second kappa shape index (κ2) is 14.0. The molecule has 0 bridgehead atoms. The van der Waals surface area contributed by atoms with Crippen LogP contribution in [0.25, 0.3) is 0 Å². The number of carbonyl (C=O) groups excluding carboxylic acids is 3. The molecule has 1 aromatic rings. The number of hydrogen-bond donors (Lipinski definition) is 3. The van der Waals surface area contributed by atoms with Gasteiger partial charge in [-0.2, -0.15) is 0 Å². The average molecular weight is 408 g/mol. The first-order chi connectivity index (χ1) is 13.9. The Bertz CT molecular complexity index is 664. The maximum absolute atomic E-state index is 11.8. The van der Waals surface area contributed by atoms with Gasteiger partial charge in [0.2, 0.25) is 5.91 Å². The summed E-state index contributed by atoms with van der Waals surface area (Å²) in [6.07, 6.45) is 1.06. The van der Waals surface area contributed by atoms with E-state index in [4.69, 9.17) is 14.6 Å². The fourth-order valence-corrected chi connectivity index (χ4v) is 2.41. The summed E-state index contributed by atoms with van der Waals surface area (Å²) in [5, 5.41) is 14.0. The van der Waals surface area contributed by atoms with Crippen LogP contribution in [0.4, 0.5) is 4.79 Å². The summed E-state index contributed by atoms with van der Waals surface area (Å²) in [6.45, 7) is 2.37. The van der Waals surface area contributed by atoms with Crippen molar-refractivity contribution in [3.63, 3.8) is 0 Å². The third-order valence-corrected chi connectivity index (χ3v) is 3.87. The molecule has 1 atom stereocenters. The molecule has 0 fully saturated rings. The minimum Gasteiger partial charge on any atom is -0.480 e. The van der Waals surface area contributed by atoms with Gasteiger partial charge in [-0.1, -0.05) is 36.8 Å². The molecule has 1 aromatic carbocycles. The third kappa shape index (κ3) is 11.4. The number of alkyl carbamates (subject to hydrolysis) is 1. The zero-order chi connectivity index (χ0) is 21.5. The quantitative estimate of drug-likeness (QED) is 0.336. The van der Waals surface area contributed by atoms with E-state index in [0.29, 0.717) is 25.8 Å². The number of rotatable bonds is 13. The van der Waals surface area contributed by atoms with Crippen LogP contribution in [0, 0.1) is 0 Å². The summed E-state index contributed by atoms with van der Waals surface area (Å²) < 4.78 is 9.77. The van der Waals surface area contributed by atoms with Gasteiger partial charge in [-0.05, 0) is 25.3 Å². The van der Waals surface area contributed by atoms with Gasteiger partial charge in [0.25, 0.3) is 0 Å². The van der Waals surface area contributed by atoms with Gasteiger partial charge in [0.1, 0.15) is 12.6 Å². The van der Waals surface area contributed by atoms with Gasteiger partial charge in [-0.25, -0.2) is 9.59 Å². The molecule has 0 saturated heterocycles. The Morgan fingerprint density at radius 3 is 2.41 bits per heavy atom. The molecule has 0 heterocycles. The summed E-state index contributed by atoms with van der Waals surface area (Å²) in [5.41, 5.74) is 0.899. The van der Waals surface area contributed by atoms with Gasteiger partial charge in [-0.15, -0.1) is 0 Å². The molecule has 9 nitrogen and oxygen atoms in total. The van der Waals surface area contributed by atoms with Crippen LogP contribution in [0.5, 0.6) is 0 Å². The van der Waals surface area contributed by atoms with Crippen LogP contribution in [0.1, 0.15) is 44.6 Å². The predicted molar refractivity (Wildman–Crippen MR) is 104 cm³/mol. The van der Waals surface area contributed by atoms with Crippen molar-refractivity contribution in [2.24, 2.45) is 0 Å². The van der Waals surface area contributed by atoms with Crippen molar-refractivity contribution in [3.05, 3.63) is 35.9 Å². The zero-order valence-corrected chi connectivity index (χ0v) is 16.5. The number of hydrogen-bond acceptors (Lipinski definition) is 6. The van der Waals surface area contributed by atoms with E-state index in [0.717, 1.165) is 5.56 Å². The molecule has 0 spiro atoms. The maximum atomic E-state index is 11.8. The molecule has 0 aliphatic rings. The van der Waals surface area contributed by atoms with Crippen LogP contribution in [0.3, 0.4) is 0 Å². The highest BCUT2D eigenvalue weighted by Gasteiger charge is 2.23. The monoisotopic (exact) mass is 408 g/mol. The fraction of sp³-hybridized carbons (Fsp3) is 0.500. The number of aliphatic carboxylic acids is 1. The molecule has 0 radical (unpaired) electrons. The normalized spacial score (nSPS) is 11.2. The van der Waals surface area contributed by atoms with E-state index >= 15 is 0 Å². The van der Waals surface area contributed by atoms with Crippen molar-refractivity contribution in [1.82, 2.24) is 10.6 Å². The maximum Gasteiger partial charge on any atom is 0.407 e. The molecule has 9 heteroatoms. The first kappa shape index (κ1) is 23.9. The van der Waals surface area contributed by atoms with Crippen LogP contribution in [0.2, 0.25) is 0 Å². The zero-order valence-electron chi connectivity index (χ0n) is 16.5. The van der Waals surface area contributed by atoms with E-state index in [-0.39, 0.29) is 19.6 Å². The van der Waals surface area contributed by atoms with Gasteiger partial charge < -0.3 is 25.2 Å². The Labute approximate surface area is 169 Å². The summed E-state index contributed by atoms with van der Waals surface area (Å²) >= 11 is 0. The van der Waals surface area contributed by atoms with Gasteiger partial charge in [0.15, 0.2) is 0 Å². The topological polar surface area (TPSA) is 131 Å². The van der Waals surface area contributed by atoms with Crippen molar-refractivity contribution in [1.29, 1.82) is 0 Å². The van der Waals surface area contributed by atoms with Crippen LogP contribution >= 0.6 is 0 Å². The van der Waals surface area contributed by atoms with Gasteiger partial charge in [-0.3, -0.25) is 9.59 Å². The van der Waals surface area contributed by atoms with Crippen molar-refractivity contribution in [2.75, 3.05) is 13.2 Å². The Morgan fingerprint density at radius 2 is 1.76 bits per heavy atom. The van der Waals surface area contributed by atoms with E-state index in [1.54, 1.807) is 6.92 Å². The smallest absolute Gasteiger partial charge is 0.407 e. The molecular weight excluding hydrogens is 380 g/mol. The lowest BCUT2D eigenvalue weighted by Crippen LogP contribution is -2.42. The molecule has 0 aliphatic carbocycles. The van der Waals surface area contributed by atoms with Crippen molar-refractivity contribution in [3.8, 4) is 0 Å². The second-order valence-electron chi connectivity index (χ2n) is 6.27. The molecule has 0 saturated carbocycles. The van der Waals surface area contributed by atoms with Gasteiger partial charge >= 0.3 is 18.0 Å². The molecule has 29 heavy (non-hydrogen) atoms. The summed E-state index contributed by atoms with van der Waals surface area (Å²) in [6, 6.07) is 8.03. The van der Waals surface area contributed by atoms with E-state index < -0.39 is 36.4 Å². The number of unbranched alkanes of at least 4 members (excludes halogenated alkanes) is 2. The first-order valence-electron chi connectivity index (χ1n) is 9.54. The largest absolute Gasteiger partial charge is 0.480 e. The highest BCUT2D eigenvalue weighted by atomic mass is 16.5. The summed E-state index contributed by atoms with van der Waals surface area (Å²) in [4.78, 5) is 45.9. The molecule has 0 aromatic heterocycles. The molecular formula is C20H28N2O7. The summed E-state index contributed by atoms with van der Waals surface area (Å²) in [7, 11) is 0. The summed E-state index contributed by atoms with van der Waals surface area (Å²) in [5.74, 6) is -2.41. The number of ether oxygens (including phenoxy) is 2. The van der Waals surface area contributed by atoms with Gasteiger partial charge in [0.05, 0.1) is 13.0 Å². The number of carbonyl (C=O) groups is 4. The van der Waals surface area contributed by atoms with Crippen molar-refractivity contribution < 1.29 is 33.8 Å². The molecule has 2 amide bonds. The molecule has 1 rings (SSSR count). The Hall–Kier alpha value is -3.10. The van der Waals surface area contributed by atoms with Crippen LogP contribution in [-0.2, 0) is 30.5 Å². The molecule has 0 aliphatic heterocycles. The number of carboxylic acids is 1. The minimum absolute atomic E-state index is 0.130. The van der Waals surface area contributed by atoms with Crippen LogP contribution < -0.4 is 10.6 Å². The Kier molecular flexibility index (Phi) is 11.5. The number of esters is 1. The number of amides is 2. The van der Waals surface area contributed by atoms with E-state index in [1.807, 2.05) is 30.3 Å². The van der Waals surface area contributed by atoms with Crippen LogP contribution in [0.15, 0.2) is 30.3 Å².